The van der Waals surface area contributed by atoms with E-state index in [4.69, 9.17) is 0 Å². The lowest BCUT2D eigenvalue weighted by Gasteiger charge is -2.37. The number of rotatable bonds is 8. The van der Waals surface area contributed by atoms with Crippen molar-refractivity contribution < 1.29 is 26.1 Å². The number of unbranched alkanes of at least 4 members (excludes halogenated alkanes) is 1. The third-order valence-electron chi connectivity index (χ3n) is 5.33. The molecule has 0 aliphatic carbocycles. The number of alkyl halides is 3. The van der Waals surface area contributed by atoms with Crippen LogP contribution in [0.3, 0.4) is 0 Å². The van der Waals surface area contributed by atoms with Crippen molar-refractivity contribution >= 4 is 21.4 Å². The largest absolute Gasteiger partial charge is 0.452 e. The zero-order valence-corrected chi connectivity index (χ0v) is 18.6. The van der Waals surface area contributed by atoms with Gasteiger partial charge in [-0.2, -0.15) is 17.5 Å². The minimum absolute atomic E-state index is 0.0230. The lowest BCUT2D eigenvalue weighted by Crippen LogP contribution is -2.47. The van der Waals surface area contributed by atoms with Crippen LogP contribution in [0, 0.1) is 0 Å². The summed E-state index contributed by atoms with van der Waals surface area (Å²) in [7, 11) is -3.75. The highest BCUT2D eigenvalue weighted by atomic mass is 32.2. The molecule has 0 amide bonds. The van der Waals surface area contributed by atoms with Crippen molar-refractivity contribution in [1.29, 1.82) is 0 Å². The van der Waals surface area contributed by atoms with Gasteiger partial charge in [0.05, 0.1) is 4.88 Å². The van der Waals surface area contributed by atoms with E-state index in [0.29, 0.717) is 11.4 Å². The van der Waals surface area contributed by atoms with E-state index in [1.165, 1.54) is 12.1 Å². The van der Waals surface area contributed by atoms with Crippen LogP contribution in [0.15, 0.2) is 26.9 Å². The van der Waals surface area contributed by atoms with Crippen molar-refractivity contribution in [3.8, 4) is 10.6 Å². The van der Waals surface area contributed by atoms with E-state index in [0.717, 1.165) is 62.7 Å². The summed E-state index contributed by atoms with van der Waals surface area (Å²) in [4.78, 5) is 2.62. The number of aromatic nitrogens is 1. The Morgan fingerprint density at radius 3 is 2.53 bits per heavy atom. The molecule has 0 unspecified atom stereocenters. The summed E-state index contributed by atoms with van der Waals surface area (Å²) in [6, 6.07) is 3.64. The lowest BCUT2D eigenvalue weighted by molar-refractivity contribution is -0.155. The van der Waals surface area contributed by atoms with Crippen LogP contribution < -0.4 is 0 Å². The van der Waals surface area contributed by atoms with Crippen molar-refractivity contribution in [3.05, 3.63) is 24.0 Å². The number of sulfonamides is 1. The lowest BCUT2D eigenvalue weighted by atomic mass is 10.0. The molecule has 0 atom stereocenters. The molecule has 2 aromatic rings. The maximum atomic E-state index is 13.4. The van der Waals surface area contributed by atoms with Gasteiger partial charge in [0, 0.05) is 18.7 Å². The number of nitrogens with zero attached hydrogens (tertiary/aromatic N) is 3. The van der Waals surface area contributed by atoms with Gasteiger partial charge in [0.25, 0.3) is 10.0 Å². The van der Waals surface area contributed by atoms with Crippen LogP contribution in [0.4, 0.5) is 13.2 Å². The van der Waals surface area contributed by atoms with Crippen LogP contribution in [0.2, 0.25) is 0 Å². The molecule has 1 aliphatic rings. The average Bonchev–Trinajstić information content (AvgIpc) is 3.38. The molecule has 0 N–H and O–H groups in total. The van der Waals surface area contributed by atoms with E-state index >= 15 is 0 Å². The van der Waals surface area contributed by atoms with Crippen molar-refractivity contribution in [1.82, 2.24) is 14.4 Å². The average molecular weight is 466 g/mol. The highest BCUT2D eigenvalue weighted by Gasteiger charge is 2.37. The van der Waals surface area contributed by atoms with Crippen molar-refractivity contribution in [2.75, 3.05) is 26.2 Å². The third kappa shape index (κ3) is 5.06. The van der Waals surface area contributed by atoms with Gasteiger partial charge < -0.3 is 9.42 Å². The summed E-state index contributed by atoms with van der Waals surface area (Å²) in [5.41, 5.74) is -0.0230. The molecule has 6 nitrogen and oxygen atoms in total. The molecular formula is C19H26F3N3O3S2. The zero-order chi connectivity index (χ0) is 21.9. The molecule has 2 aromatic heterocycles. The first-order valence-electron chi connectivity index (χ1n) is 10.0. The Morgan fingerprint density at radius 1 is 1.27 bits per heavy atom. The van der Waals surface area contributed by atoms with E-state index in [9.17, 15) is 21.6 Å². The fourth-order valence-corrected chi connectivity index (χ4v) is 6.68. The smallest absolute Gasteiger partial charge is 0.351 e. The maximum absolute atomic E-state index is 13.4. The molecule has 0 spiro atoms. The fraction of sp³-hybridized carbons (Fsp3) is 0.632. The second kappa shape index (κ2) is 9.37. The second-order valence-electron chi connectivity index (χ2n) is 7.33. The van der Waals surface area contributed by atoms with Crippen LogP contribution in [0.5, 0.6) is 0 Å². The Morgan fingerprint density at radius 2 is 1.97 bits per heavy atom. The first-order chi connectivity index (χ1) is 14.2. The van der Waals surface area contributed by atoms with Crippen LogP contribution in [0.1, 0.15) is 45.3 Å². The molecule has 30 heavy (non-hydrogen) atoms. The highest BCUT2D eigenvalue weighted by molar-refractivity contribution is 7.91. The SMILES string of the molecule is CCCCN(C1CCN(CC)CC1)S(=O)(=O)c1ccc(-c2cc(C(F)(F)F)on2)s1. The standard InChI is InChI=1S/C19H26F3N3O3S2/c1-3-5-10-25(14-8-11-24(4-2)12-9-14)30(26,27)18-7-6-16(29-18)15-13-17(28-23-15)19(20,21)22/h6-7,13-14H,3-5,8-12H2,1-2H3. The molecule has 1 aliphatic heterocycles. The summed E-state index contributed by atoms with van der Waals surface area (Å²) in [5.74, 6) is -1.21. The van der Waals surface area contributed by atoms with Gasteiger partial charge >= 0.3 is 6.18 Å². The number of likely N-dealkylation sites (tertiary alicyclic amines) is 1. The quantitative estimate of drug-likeness (QED) is 0.566. The molecule has 0 saturated carbocycles. The Bertz CT molecular complexity index is 932. The van der Waals surface area contributed by atoms with Crippen molar-refractivity contribution in [2.45, 2.75) is 56.0 Å². The number of hydrogen-bond acceptors (Lipinski definition) is 6. The van der Waals surface area contributed by atoms with Gasteiger partial charge in [0.2, 0.25) is 5.76 Å². The van der Waals surface area contributed by atoms with Gasteiger partial charge in [-0.25, -0.2) is 8.42 Å². The first kappa shape index (κ1) is 23.2. The van der Waals surface area contributed by atoms with Gasteiger partial charge in [0.15, 0.2) is 0 Å². The zero-order valence-electron chi connectivity index (χ0n) is 17.0. The highest BCUT2D eigenvalue weighted by Crippen LogP contribution is 2.37. The topological polar surface area (TPSA) is 66.7 Å². The predicted octanol–water partition coefficient (Wildman–Crippen LogP) is 4.70. The molecule has 1 saturated heterocycles. The molecule has 0 aromatic carbocycles. The van der Waals surface area contributed by atoms with Crippen LogP contribution in [-0.2, 0) is 16.2 Å². The Labute approximate surface area is 178 Å². The van der Waals surface area contributed by atoms with Crippen molar-refractivity contribution in [2.24, 2.45) is 0 Å². The monoisotopic (exact) mass is 465 g/mol. The molecule has 3 rings (SSSR count). The van der Waals surface area contributed by atoms with Gasteiger partial charge in [-0.1, -0.05) is 25.4 Å². The normalized spacial score (nSPS) is 17.1. The molecule has 11 heteroatoms. The molecule has 0 bridgehead atoms. The second-order valence-corrected chi connectivity index (χ2v) is 10.5. The summed E-state index contributed by atoms with van der Waals surface area (Å²) in [6.45, 7) is 7.19. The predicted molar refractivity (Wildman–Crippen MR) is 109 cm³/mol. The summed E-state index contributed by atoms with van der Waals surface area (Å²) >= 11 is 0.918. The van der Waals surface area contributed by atoms with Gasteiger partial charge in [-0.15, -0.1) is 11.3 Å². The van der Waals surface area contributed by atoms with Gasteiger partial charge in [-0.05, 0) is 51.0 Å². The van der Waals surface area contributed by atoms with Crippen molar-refractivity contribution in [3.63, 3.8) is 0 Å². The number of piperidine rings is 1. The van der Waals surface area contributed by atoms with E-state index in [2.05, 4.69) is 21.5 Å². The van der Waals surface area contributed by atoms with E-state index < -0.39 is 22.0 Å². The Balaban J connectivity index is 1.84. The van der Waals surface area contributed by atoms with Gasteiger partial charge in [0.1, 0.15) is 9.90 Å². The Kier molecular flexibility index (Phi) is 7.26. The van der Waals surface area contributed by atoms with E-state index in [-0.39, 0.29) is 15.9 Å². The molecule has 1 fully saturated rings. The number of thiophene rings is 1. The fourth-order valence-electron chi connectivity index (χ4n) is 3.57. The first-order valence-corrected chi connectivity index (χ1v) is 12.3. The van der Waals surface area contributed by atoms with Crippen LogP contribution >= 0.6 is 11.3 Å². The van der Waals surface area contributed by atoms with E-state index in [1.54, 1.807) is 4.31 Å². The summed E-state index contributed by atoms with van der Waals surface area (Å²) in [6.07, 6.45) is -1.47. The summed E-state index contributed by atoms with van der Waals surface area (Å²) < 4.78 is 71.1. The third-order valence-corrected chi connectivity index (χ3v) is 8.86. The Hall–Kier alpha value is -1.43. The number of hydrogen-bond donors (Lipinski definition) is 0. The minimum Gasteiger partial charge on any atom is -0.351 e. The molecule has 3 heterocycles. The summed E-state index contributed by atoms with van der Waals surface area (Å²) in [5, 5.41) is 3.45. The molecule has 168 valence electrons. The molecule has 0 radical (unpaired) electrons. The molecular weight excluding hydrogens is 439 g/mol. The van der Waals surface area contributed by atoms with E-state index in [1.807, 2.05) is 6.92 Å². The van der Waals surface area contributed by atoms with Gasteiger partial charge in [-0.3, -0.25) is 0 Å². The van der Waals surface area contributed by atoms with Crippen LogP contribution in [0.25, 0.3) is 10.6 Å². The minimum atomic E-state index is -4.64. The number of halogens is 3. The van der Waals surface area contributed by atoms with Crippen LogP contribution in [-0.4, -0.2) is 55.0 Å². The maximum Gasteiger partial charge on any atom is 0.452 e.